The summed E-state index contributed by atoms with van der Waals surface area (Å²) >= 11 is 9.47. The molecule has 3 rings (SSSR count). The number of imidazole rings is 1. The van der Waals surface area contributed by atoms with Gasteiger partial charge in [0.15, 0.2) is 0 Å². The molecule has 0 aliphatic rings. The minimum Gasteiger partial charge on any atom is -0.492 e. The van der Waals surface area contributed by atoms with Gasteiger partial charge in [-0.3, -0.25) is 4.57 Å². The molecule has 0 aliphatic heterocycles. The molecule has 0 amide bonds. The molecular weight excluding hydrogens is 354 g/mol. The van der Waals surface area contributed by atoms with Crippen LogP contribution in [0.15, 0.2) is 40.9 Å². The lowest BCUT2D eigenvalue weighted by Crippen LogP contribution is -2.00. The summed E-state index contributed by atoms with van der Waals surface area (Å²) in [5.41, 5.74) is 8.62. The van der Waals surface area contributed by atoms with Crippen molar-refractivity contribution >= 4 is 44.5 Å². The normalized spacial score (nSPS) is 11.0. The molecule has 0 saturated heterocycles. The summed E-state index contributed by atoms with van der Waals surface area (Å²) in [6.07, 6.45) is 0. The molecule has 4 nitrogen and oxygen atoms in total. The van der Waals surface area contributed by atoms with Crippen LogP contribution in [0.4, 0.5) is 5.95 Å². The van der Waals surface area contributed by atoms with Gasteiger partial charge in [0, 0.05) is 4.47 Å². The second-order valence-electron chi connectivity index (χ2n) is 4.46. The van der Waals surface area contributed by atoms with Crippen LogP contribution in [-0.2, 0) is 0 Å². The molecule has 0 spiro atoms. The molecule has 0 saturated carbocycles. The maximum Gasteiger partial charge on any atom is 0.206 e. The van der Waals surface area contributed by atoms with Gasteiger partial charge in [-0.15, -0.1) is 0 Å². The van der Waals surface area contributed by atoms with Gasteiger partial charge in [0.05, 0.1) is 22.8 Å². The average Bonchev–Trinajstić information content (AvgIpc) is 2.80. The molecule has 1 aromatic heterocycles. The first-order chi connectivity index (χ1) is 10.1. The lowest BCUT2D eigenvalue weighted by molar-refractivity contribution is 0.344. The summed E-state index contributed by atoms with van der Waals surface area (Å²) in [4.78, 5) is 4.43. The number of nitrogen functional groups attached to an aromatic ring is 1. The molecule has 21 heavy (non-hydrogen) atoms. The first-order valence-corrected chi connectivity index (χ1v) is 7.64. The van der Waals surface area contributed by atoms with Crippen molar-refractivity contribution in [2.45, 2.75) is 6.92 Å². The summed E-state index contributed by atoms with van der Waals surface area (Å²) in [5, 5.41) is 0.650. The third-order valence-electron chi connectivity index (χ3n) is 3.14. The summed E-state index contributed by atoms with van der Waals surface area (Å²) in [5.74, 6) is 1.14. The minimum absolute atomic E-state index is 0.409. The van der Waals surface area contributed by atoms with Crippen LogP contribution in [0.25, 0.3) is 16.7 Å². The first-order valence-electron chi connectivity index (χ1n) is 6.47. The monoisotopic (exact) mass is 365 g/mol. The molecule has 1 heterocycles. The quantitative estimate of drug-likeness (QED) is 0.746. The molecular formula is C15H13BrClN3O. The first kappa shape index (κ1) is 14.2. The molecule has 0 atom stereocenters. The third-order valence-corrected chi connectivity index (χ3v) is 4.35. The maximum atomic E-state index is 6.09. The predicted octanol–water partition coefficient (Wildman–Crippen LogP) is 4.42. The lowest BCUT2D eigenvalue weighted by atomic mass is 10.2. The molecule has 108 valence electrons. The van der Waals surface area contributed by atoms with E-state index in [4.69, 9.17) is 22.1 Å². The number of hydrogen-bond donors (Lipinski definition) is 1. The minimum atomic E-state index is 0.409. The summed E-state index contributed by atoms with van der Waals surface area (Å²) in [6, 6.07) is 11.4. The highest BCUT2D eigenvalue weighted by Crippen LogP contribution is 2.32. The van der Waals surface area contributed by atoms with E-state index in [9.17, 15) is 0 Å². The maximum absolute atomic E-state index is 6.09. The van der Waals surface area contributed by atoms with Crippen molar-refractivity contribution in [1.82, 2.24) is 9.55 Å². The fourth-order valence-electron chi connectivity index (χ4n) is 2.26. The van der Waals surface area contributed by atoms with Gasteiger partial charge < -0.3 is 10.5 Å². The Bertz CT molecular complexity index is 816. The molecule has 0 unspecified atom stereocenters. The smallest absolute Gasteiger partial charge is 0.206 e. The van der Waals surface area contributed by atoms with Crippen molar-refractivity contribution in [2.75, 3.05) is 12.3 Å². The molecule has 2 N–H and O–H groups in total. The highest BCUT2D eigenvalue weighted by atomic mass is 79.9. The van der Waals surface area contributed by atoms with Crippen molar-refractivity contribution in [3.05, 3.63) is 45.9 Å². The molecule has 0 fully saturated rings. The number of anilines is 1. The van der Waals surface area contributed by atoms with E-state index in [0.29, 0.717) is 17.6 Å². The van der Waals surface area contributed by atoms with E-state index in [2.05, 4.69) is 20.9 Å². The zero-order chi connectivity index (χ0) is 15.0. The van der Waals surface area contributed by atoms with E-state index >= 15 is 0 Å². The third kappa shape index (κ3) is 2.47. The van der Waals surface area contributed by atoms with Crippen LogP contribution < -0.4 is 10.5 Å². The number of fused-ring (bicyclic) bond motifs is 1. The summed E-state index contributed by atoms with van der Waals surface area (Å²) < 4.78 is 8.29. The molecule has 0 aliphatic carbocycles. The van der Waals surface area contributed by atoms with E-state index in [1.54, 1.807) is 0 Å². The fourth-order valence-corrected chi connectivity index (χ4v) is 2.74. The number of ether oxygens (including phenoxy) is 1. The van der Waals surface area contributed by atoms with Crippen molar-refractivity contribution in [1.29, 1.82) is 0 Å². The highest BCUT2D eigenvalue weighted by Gasteiger charge is 2.14. The second kappa shape index (κ2) is 5.58. The van der Waals surface area contributed by atoms with Gasteiger partial charge in [-0.25, -0.2) is 4.98 Å². The van der Waals surface area contributed by atoms with E-state index in [1.165, 1.54) is 0 Å². The lowest BCUT2D eigenvalue weighted by Gasteiger charge is -2.08. The van der Waals surface area contributed by atoms with Crippen LogP contribution in [0.5, 0.6) is 5.75 Å². The number of rotatable bonds is 3. The van der Waals surface area contributed by atoms with Crippen LogP contribution >= 0.6 is 27.5 Å². The van der Waals surface area contributed by atoms with Gasteiger partial charge in [0.25, 0.3) is 0 Å². The van der Waals surface area contributed by atoms with E-state index in [0.717, 1.165) is 26.9 Å². The second-order valence-corrected chi connectivity index (χ2v) is 5.72. The number of halogens is 2. The largest absolute Gasteiger partial charge is 0.492 e. The van der Waals surface area contributed by atoms with Gasteiger partial charge in [-0.1, -0.05) is 17.7 Å². The van der Waals surface area contributed by atoms with Crippen LogP contribution in [0.3, 0.4) is 0 Å². The van der Waals surface area contributed by atoms with Crippen LogP contribution in [0.1, 0.15) is 6.92 Å². The highest BCUT2D eigenvalue weighted by molar-refractivity contribution is 9.10. The number of hydrogen-bond acceptors (Lipinski definition) is 3. The van der Waals surface area contributed by atoms with Crippen LogP contribution in [-0.4, -0.2) is 16.2 Å². The van der Waals surface area contributed by atoms with Gasteiger partial charge in [0.1, 0.15) is 11.3 Å². The van der Waals surface area contributed by atoms with Crippen molar-refractivity contribution in [2.24, 2.45) is 0 Å². The Labute approximate surface area is 135 Å². The Morgan fingerprint density at radius 2 is 2.14 bits per heavy atom. The number of nitrogens with two attached hydrogens (primary N) is 1. The Morgan fingerprint density at radius 1 is 1.33 bits per heavy atom. The zero-order valence-corrected chi connectivity index (χ0v) is 13.6. The Morgan fingerprint density at radius 3 is 2.86 bits per heavy atom. The van der Waals surface area contributed by atoms with E-state index < -0.39 is 0 Å². The number of benzene rings is 2. The van der Waals surface area contributed by atoms with Crippen molar-refractivity contribution < 1.29 is 4.74 Å². The van der Waals surface area contributed by atoms with Crippen molar-refractivity contribution in [3.63, 3.8) is 0 Å². The molecule has 3 aromatic rings. The molecule has 0 radical (unpaired) electrons. The van der Waals surface area contributed by atoms with Gasteiger partial charge in [-0.05, 0) is 53.2 Å². The molecule has 6 heteroatoms. The van der Waals surface area contributed by atoms with Crippen LogP contribution in [0, 0.1) is 0 Å². The predicted molar refractivity (Wildman–Crippen MR) is 89.4 cm³/mol. The van der Waals surface area contributed by atoms with Gasteiger partial charge in [-0.2, -0.15) is 0 Å². The fraction of sp³-hybridized carbons (Fsp3) is 0.133. The van der Waals surface area contributed by atoms with Crippen molar-refractivity contribution in [3.8, 4) is 11.4 Å². The molecule has 2 aromatic carbocycles. The number of nitrogens with zero attached hydrogens (tertiary/aromatic N) is 2. The number of para-hydroxylation sites is 1. The SMILES string of the molecule is CCOc1cccc2c1nc(N)n2-c1ccc(Cl)c(Br)c1. The summed E-state index contributed by atoms with van der Waals surface area (Å²) in [6.45, 7) is 2.52. The van der Waals surface area contributed by atoms with Gasteiger partial charge >= 0.3 is 0 Å². The topological polar surface area (TPSA) is 53.1 Å². The Kier molecular flexibility index (Phi) is 3.78. The van der Waals surface area contributed by atoms with E-state index in [1.807, 2.05) is 47.9 Å². The summed E-state index contributed by atoms with van der Waals surface area (Å²) in [7, 11) is 0. The number of aromatic nitrogens is 2. The standard InChI is InChI=1S/C15H13BrClN3O/c1-2-21-13-5-3-4-12-14(13)19-15(18)20(12)9-6-7-11(17)10(16)8-9/h3-8H,2H2,1H3,(H2,18,19). The van der Waals surface area contributed by atoms with Gasteiger partial charge in [0.2, 0.25) is 5.95 Å². The Balaban J connectivity index is 2.25. The van der Waals surface area contributed by atoms with E-state index in [-0.39, 0.29) is 0 Å². The Hall–Kier alpha value is -1.72. The average molecular weight is 367 g/mol. The van der Waals surface area contributed by atoms with Crippen LogP contribution in [0.2, 0.25) is 5.02 Å². The molecule has 0 bridgehead atoms. The zero-order valence-electron chi connectivity index (χ0n) is 11.3.